The average Bonchev–Trinajstić information content (AvgIpc) is 2.82. The molecule has 20 heavy (non-hydrogen) atoms. The van der Waals surface area contributed by atoms with Gasteiger partial charge in [-0.15, -0.1) is 11.3 Å². The minimum Gasteiger partial charge on any atom is -0.490 e. The first-order valence-electron chi connectivity index (χ1n) is 6.39. The molecule has 5 heteroatoms. The Bertz CT molecular complexity index is 644. The fourth-order valence-electron chi connectivity index (χ4n) is 1.84. The van der Waals surface area contributed by atoms with Crippen LogP contribution < -0.4 is 15.2 Å². The Hall–Kier alpha value is -2.19. The van der Waals surface area contributed by atoms with Crippen LogP contribution in [0.2, 0.25) is 0 Å². The molecule has 0 aliphatic rings. The van der Waals surface area contributed by atoms with Crippen LogP contribution in [-0.4, -0.2) is 13.2 Å². The third-order valence-corrected chi connectivity index (χ3v) is 3.79. The molecule has 0 radical (unpaired) electrons. The fraction of sp³-hybridized carbons (Fsp3) is 0.267. The minimum absolute atomic E-state index is 0.513. The van der Waals surface area contributed by atoms with Crippen LogP contribution in [0.5, 0.6) is 11.5 Å². The molecule has 0 spiro atoms. The van der Waals surface area contributed by atoms with Crippen LogP contribution in [0.4, 0.5) is 5.69 Å². The molecule has 0 saturated carbocycles. The standard InChI is InChI=1S/C15H16N2O2S/c1-3-18-12-6-5-10(7-13(12)19-4-2)14-8-11(17)15(9-16)20-14/h5-8H,3-4,17H2,1-2H3. The Morgan fingerprint density at radius 1 is 1.15 bits per heavy atom. The van der Waals surface area contributed by atoms with Crippen LogP contribution in [-0.2, 0) is 0 Å². The van der Waals surface area contributed by atoms with Gasteiger partial charge >= 0.3 is 0 Å². The van der Waals surface area contributed by atoms with Gasteiger partial charge in [-0.3, -0.25) is 0 Å². The molecule has 2 N–H and O–H groups in total. The summed E-state index contributed by atoms with van der Waals surface area (Å²) in [5.41, 5.74) is 7.28. The molecule has 1 heterocycles. The summed E-state index contributed by atoms with van der Waals surface area (Å²) >= 11 is 1.38. The van der Waals surface area contributed by atoms with E-state index in [1.54, 1.807) is 0 Å². The van der Waals surface area contributed by atoms with Gasteiger partial charge in [-0.25, -0.2) is 0 Å². The highest BCUT2D eigenvalue weighted by molar-refractivity contribution is 7.16. The second-order valence-corrected chi connectivity index (χ2v) is 5.09. The summed E-state index contributed by atoms with van der Waals surface area (Å²) in [6.07, 6.45) is 0. The molecule has 0 unspecified atom stereocenters. The average molecular weight is 288 g/mol. The SMILES string of the molecule is CCOc1ccc(-c2cc(N)c(C#N)s2)cc1OCC. The minimum atomic E-state index is 0.513. The van der Waals surface area contributed by atoms with Crippen molar-refractivity contribution in [3.63, 3.8) is 0 Å². The third kappa shape index (κ3) is 2.86. The quantitative estimate of drug-likeness (QED) is 0.911. The van der Waals surface area contributed by atoms with E-state index >= 15 is 0 Å². The van der Waals surface area contributed by atoms with E-state index in [9.17, 15) is 0 Å². The predicted molar refractivity (Wildman–Crippen MR) is 81.2 cm³/mol. The molecule has 0 amide bonds. The molecule has 1 aromatic carbocycles. The van der Waals surface area contributed by atoms with E-state index in [-0.39, 0.29) is 0 Å². The molecular weight excluding hydrogens is 272 g/mol. The highest BCUT2D eigenvalue weighted by atomic mass is 32.1. The van der Waals surface area contributed by atoms with Gasteiger partial charge in [-0.1, -0.05) is 0 Å². The molecule has 0 aliphatic heterocycles. The van der Waals surface area contributed by atoms with Crippen molar-refractivity contribution >= 4 is 17.0 Å². The molecule has 2 aromatic rings. The first kappa shape index (κ1) is 14.2. The Morgan fingerprint density at radius 3 is 2.45 bits per heavy atom. The van der Waals surface area contributed by atoms with Crippen molar-refractivity contribution in [2.45, 2.75) is 13.8 Å². The van der Waals surface area contributed by atoms with Gasteiger partial charge in [-0.05, 0) is 43.7 Å². The maximum absolute atomic E-state index is 8.97. The second-order valence-electron chi connectivity index (χ2n) is 4.03. The van der Waals surface area contributed by atoms with Crippen molar-refractivity contribution in [2.75, 3.05) is 18.9 Å². The Morgan fingerprint density at radius 2 is 1.85 bits per heavy atom. The molecular formula is C15H16N2O2S. The number of ether oxygens (including phenoxy) is 2. The normalized spacial score (nSPS) is 10.1. The van der Waals surface area contributed by atoms with Gasteiger partial charge in [0, 0.05) is 4.88 Å². The molecule has 0 fully saturated rings. The number of nitrogen functional groups attached to an aromatic ring is 1. The first-order valence-corrected chi connectivity index (χ1v) is 7.20. The zero-order valence-electron chi connectivity index (χ0n) is 11.5. The lowest BCUT2D eigenvalue weighted by Crippen LogP contribution is -1.98. The van der Waals surface area contributed by atoms with Crippen LogP contribution in [0, 0.1) is 11.3 Å². The molecule has 2 rings (SSSR count). The maximum Gasteiger partial charge on any atom is 0.161 e. The molecule has 104 valence electrons. The number of nitriles is 1. The van der Waals surface area contributed by atoms with Crippen molar-refractivity contribution in [1.29, 1.82) is 5.26 Å². The first-order chi connectivity index (χ1) is 9.69. The van der Waals surface area contributed by atoms with E-state index in [0.717, 1.165) is 16.2 Å². The Balaban J connectivity index is 2.41. The van der Waals surface area contributed by atoms with Crippen LogP contribution in [0.15, 0.2) is 24.3 Å². The molecule has 0 bridgehead atoms. The van der Waals surface area contributed by atoms with Gasteiger partial charge in [0.25, 0.3) is 0 Å². The predicted octanol–water partition coefficient (Wildman–Crippen LogP) is 3.67. The van der Waals surface area contributed by atoms with Crippen molar-refractivity contribution in [3.05, 3.63) is 29.1 Å². The van der Waals surface area contributed by atoms with Crippen molar-refractivity contribution in [2.24, 2.45) is 0 Å². The van der Waals surface area contributed by atoms with Crippen LogP contribution in [0.3, 0.4) is 0 Å². The molecule has 1 aromatic heterocycles. The van der Waals surface area contributed by atoms with Gasteiger partial charge in [-0.2, -0.15) is 5.26 Å². The molecule has 0 saturated heterocycles. The van der Waals surface area contributed by atoms with Gasteiger partial charge in [0.05, 0.1) is 18.9 Å². The van der Waals surface area contributed by atoms with E-state index < -0.39 is 0 Å². The highest BCUT2D eigenvalue weighted by Crippen LogP contribution is 2.37. The zero-order chi connectivity index (χ0) is 14.5. The van der Waals surface area contributed by atoms with Gasteiger partial charge in [0.1, 0.15) is 10.9 Å². The number of hydrogen-bond acceptors (Lipinski definition) is 5. The van der Waals surface area contributed by atoms with E-state index in [2.05, 4.69) is 6.07 Å². The number of rotatable bonds is 5. The number of benzene rings is 1. The number of nitrogens with two attached hydrogens (primary N) is 1. The number of anilines is 1. The zero-order valence-corrected chi connectivity index (χ0v) is 12.3. The summed E-state index contributed by atoms with van der Waals surface area (Å²) in [7, 11) is 0. The number of thiophene rings is 1. The largest absolute Gasteiger partial charge is 0.490 e. The number of hydrogen-bond donors (Lipinski definition) is 1. The lowest BCUT2D eigenvalue weighted by molar-refractivity contribution is 0.288. The Kier molecular flexibility index (Phi) is 4.49. The van der Waals surface area contributed by atoms with E-state index in [1.807, 2.05) is 38.1 Å². The van der Waals surface area contributed by atoms with Gasteiger partial charge in [0.2, 0.25) is 0 Å². The van der Waals surface area contributed by atoms with E-state index in [4.69, 9.17) is 20.5 Å². The van der Waals surface area contributed by atoms with Gasteiger partial charge in [0.15, 0.2) is 11.5 Å². The van der Waals surface area contributed by atoms with E-state index in [1.165, 1.54) is 11.3 Å². The molecule has 4 nitrogen and oxygen atoms in total. The Labute approximate surface area is 122 Å². The summed E-state index contributed by atoms with van der Waals surface area (Å²) in [6, 6.07) is 9.65. The van der Waals surface area contributed by atoms with Gasteiger partial charge < -0.3 is 15.2 Å². The summed E-state index contributed by atoms with van der Waals surface area (Å²) in [6.45, 7) is 5.02. The monoisotopic (exact) mass is 288 g/mol. The summed E-state index contributed by atoms with van der Waals surface area (Å²) in [4.78, 5) is 1.48. The summed E-state index contributed by atoms with van der Waals surface area (Å²) in [5.74, 6) is 1.43. The topological polar surface area (TPSA) is 68.3 Å². The smallest absolute Gasteiger partial charge is 0.161 e. The van der Waals surface area contributed by atoms with Crippen molar-refractivity contribution < 1.29 is 9.47 Å². The second kappa shape index (κ2) is 6.31. The van der Waals surface area contributed by atoms with Crippen LogP contribution >= 0.6 is 11.3 Å². The maximum atomic E-state index is 8.97. The molecule has 0 aliphatic carbocycles. The summed E-state index contributed by atoms with van der Waals surface area (Å²) < 4.78 is 11.1. The lowest BCUT2D eigenvalue weighted by atomic mass is 10.1. The van der Waals surface area contributed by atoms with E-state index in [0.29, 0.717) is 29.5 Å². The highest BCUT2D eigenvalue weighted by Gasteiger charge is 2.11. The lowest BCUT2D eigenvalue weighted by Gasteiger charge is -2.11. The van der Waals surface area contributed by atoms with Crippen molar-refractivity contribution in [3.8, 4) is 28.0 Å². The number of nitrogens with zero attached hydrogens (tertiary/aromatic N) is 1. The molecule has 0 atom stereocenters. The fourth-order valence-corrected chi connectivity index (χ4v) is 2.71. The third-order valence-electron chi connectivity index (χ3n) is 2.69. The van der Waals surface area contributed by atoms with Crippen LogP contribution in [0.25, 0.3) is 10.4 Å². The van der Waals surface area contributed by atoms with Crippen LogP contribution in [0.1, 0.15) is 18.7 Å². The van der Waals surface area contributed by atoms with Crippen molar-refractivity contribution in [1.82, 2.24) is 0 Å². The summed E-state index contributed by atoms with van der Waals surface area (Å²) in [5, 5.41) is 8.97.